The van der Waals surface area contributed by atoms with Crippen molar-refractivity contribution in [3.8, 4) is 0 Å². The summed E-state index contributed by atoms with van der Waals surface area (Å²) in [5, 5.41) is 9.05. The third-order valence-electron chi connectivity index (χ3n) is 2.62. The van der Waals surface area contributed by atoms with Gasteiger partial charge >= 0.3 is 5.97 Å². The zero-order valence-corrected chi connectivity index (χ0v) is 10.4. The van der Waals surface area contributed by atoms with Crippen molar-refractivity contribution in [2.24, 2.45) is 0 Å². The highest BCUT2D eigenvalue weighted by molar-refractivity contribution is 6.31. The second kappa shape index (κ2) is 5.24. The molecule has 19 heavy (non-hydrogen) atoms. The number of nitrogens with zero attached hydrogens (tertiary/aromatic N) is 1. The number of carboxylic acid groups (broad SMARTS) is 1. The van der Waals surface area contributed by atoms with Crippen LogP contribution in [0.5, 0.6) is 0 Å². The fourth-order valence-electron chi connectivity index (χ4n) is 1.64. The van der Waals surface area contributed by atoms with Crippen LogP contribution in [0.3, 0.4) is 0 Å². The molecule has 1 heterocycles. The average Bonchev–Trinajstić information content (AvgIpc) is 2.35. The summed E-state index contributed by atoms with van der Waals surface area (Å²) in [6, 6.07) is 6.51. The quantitative estimate of drug-likeness (QED) is 0.940. The molecule has 2 rings (SSSR count). The van der Waals surface area contributed by atoms with Crippen LogP contribution >= 0.6 is 11.6 Å². The maximum absolute atomic E-state index is 13.6. The van der Waals surface area contributed by atoms with Crippen molar-refractivity contribution < 1.29 is 14.3 Å². The lowest BCUT2D eigenvalue weighted by Crippen LogP contribution is -2.21. The van der Waals surface area contributed by atoms with Gasteiger partial charge in [-0.15, -0.1) is 0 Å². The first-order valence-corrected chi connectivity index (χ1v) is 5.73. The second-order valence-corrected chi connectivity index (χ2v) is 4.30. The molecule has 4 nitrogen and oxygen atoms in total. The van der Waals surface area contributed by atoms with Gasteiger partial charge in [0.15, 0.2) is 0 Å². The van der Waals surface area contributed by atoms with E-state index >= 15 is 0 Å². The fraction of sp³-hybridized carbons (Fsp3) is 0.0769. The zero-order chi connectivity index (χ0) is 14.0. The summed E-state index contributed by atoms with van der Waals surface area (Å²) in [6.07, 6.45) is 1.16. The van der Waals surface area contributed by atoms with Crippen LogP contribution < -0.4 is 5.56 Å². The van der Waals surface area contributed by atoms with Crippen LogP contribution in [0.25, 0.3) is 0 Å². The first-order valence-electron chi connectivity index (χ1n) is 5.35. The van der Waals surface area contributed by atoms with Gasteiger partial charge in [-0.3, -0.25) is 4.79 Å². The van der Waals surface area contributed by atoms with Gasteiger partial charge in [0.05, 0.1) is 12.1 Å². The van der Waals surface area contributed by atoms with Crippen LogP contribution in [0.4, 0.5) is 4.39 Å². The highest BCUT2D eigenvalue weighted by Gasteiger charge is 2.10. The Morgan fingerprint density at radius 2 is 2.05 bits per heavy atom. The van der Waals surface area contributed by atoms with Gasteiger partial charge in [-0.2, -0.15) is 0 Å². The number of hydrogen-bond acceptors (Lipinski definition) is 2. The van der Waals surface area contributed by atoms with Crippen molar-refractivity contribution in [3.63, 3.8) is 0 Å². The number of rotatable bonds is 3. The summed E-state index contributed by atoms with van der Waals surface area (Å²) in [7, 11) is 0. The van der Waals surface area contributed by atoms with Crippen LogP contribution in [-0.2, 0) is 6.54 Å². The van der Waals surface area contributed by atoms with Gasteiger partial charge in [-0.1, -0.05) is 17.7 Å². The Morgan fingerprint density at radius 3 is 2.68 bits per heavy atom. The van der Waals surface area contributed by atoms with Crippen molar-refractivity contribution in [2.45, 2.75) is 6.54 Å². The minimum Gasteiger partial charge on any atom is -0.478 e. The average molecular weight is 282 g/mol. The number of aromatic nitrogens is 1. The first-order chi connectivity index (χ1) is 8.99. The van der Waals surface area contributed by atoms with Gasteiger partial charge in [0, 0.05) is 22.8 Å². The van der Waals surface area contributed by atoms with E-state index in [1.165, 1.54) is 24.3 Å². The smallest absolute Gasteiger partial charge is 0.337 e. The molecule has 0 amide bonds. The van der Waals surface area contributed by atoms with Gasteiger partial charge < -0.3 is 9.67 Å². The molecule has 0 aliphatic rings. The Morgan fingerprint density at radius 1 is 1.32 bits per heavy atom. The van der Waals surface area contributed by atoms with E-state index in [2.05, 4.69) is 0 Å². The topological polar surface area (TPSA) is 59.3 Å². The predicted octanol–water partition coefficient (Wildman–Crippen LogP) is 2.39. The molecule has 0 spiro atoms. The SMILES string of the molecule is O=C(O)c1ccc(=O)n(Cc2c(F)cccc2Cl)c1. The van der Waals surface area contributed by atoms with E-state index in [-0.39, 0.29) is 22.7 Å². The molecule has 2 aromatic rings. The van der Waals surface area contributed by atoms with E-state index in [1.807, 2.05) is 0 Å². The molecule has 0 saturated heterocycles. The zero-order valence-electron chi connectivity index (χ0n) is 9.64. The van der Waals surface area contributed by atoms with E-state index in [1.54, 1.807) is 0 Å². The summed E-state index contributed by atoms with van der Waals surface area (Å²) in [4.78, 5) is 22.5. The standard InChI is InChI=1S/C13H9ClFNO3/c14-10-2-1-3-11(15)9(10)7-16-6-8(13(18)19)4-5-12(16)17/h1-6H,7H2,(H,18,19). The molecular formula is C13H9ClFNO3. The number of carboxylic acids is 1. The molecule has 6 heteroatoms. The summed E-state index contributed by atoms with van der Waals surface area (Å²) in [5.41, 5.74) is -0.329. The lowest BCUT2D eigenvalue weighted by Gasteiger charge is -2.09. The highest BCUT2D eigenvalue weighted by atomic mass is 35.5. The normalized spacial score (nSPS) is 10.4. The van der Waals surface area contributed by atoms with Crippen molar-refractivity contribution in [1.82, 2.24) is 4.57 Å². The van der Waals surface area contributed by atoms with Gasteiger partial charge in [-0.25, -0.2) is 9.18 Å². The summed E-state index contributed by atoms with van der Waals surface area (Å²) >= 11 is 5.86. The Kier molecular flexibility index (Phi) is 3.66. The number of benzene rings is 1. The third-order valence-corrected chi connectivity index (χ3v) is 2.97. The highest BCUT2D eigenvalue weighted by Crippen LogP contribution is 2.19. The molecule has 0 saturated carbocycles. The molecule has 0 fully saturated rings. The van der Waals surface area contributed by atoms with Gasteiger partial charge in [0.25, 0.3) is 5.56 Å². The molecule has 1 N–H and O–H groups in total. The molecule has 1 aromatic carbocycles. The molecule has 0 radical (unpaired) electrons. The molecule has 0 bridgehead atoms. The van der Waals surface area contributed by atoms with Crippen LogP contribution in [-0.4, -0.2) is 15.6 Å². The van der Waals surface area contributed by atoms with Crippen molar-refractivity contribution >= 4 is 17.6 Å². The van der Waals surface area contributed by atoms with Crippen LogP contribution in [0.2, 0.25) is 5.02 Å². The Labute approximate surface area is 112 Å². The third kappa shape index (κ3) is 2.82. The Bertz CT molecular complexity index is 676. The molecular weight excluding hydrogens is 273 g/mol. The number of aromatic carboxylic acids is 1. The second-order valence-electron chi connectivity index (χ2n) is 3.89. The largest absolute Gasteiger partial charge is 0.478 e. The molecule has 0 unspecified atom stereocenters. The van der Waals surface area contributed by atoms with E-state index in [4.69, 9.17) is 16.7 Å². The van der Waals surface area contributed by atoms with E-state index in [0.29, 0.717) is 0 Å². The molecule has 0 atom stereocenters. The predicted molar refractivity (Wildman–Crippen MR) is 68.2 cm³/mol. The van der Waals surface area contributed by atoms with Crippen LogP contribution in [0.15, 0.2) is 41.3 Å². The number of halogens is 2. The number of pyridine rings is 1. The molecule has 0 aliphatic carbocycles. The monoisotopic (exact) mass is 281 g/mol. The Balaban J connectivity index is 2.46. The molecule has 98 valence electrons. The van der Waals surface area contributed by atoms with Crippen LogP contribution in [0.1, 0.15) is 15.9 Å². The van der Waals surface area contributed by atoms with E-state index in [0.717, 1.165) is 16.8 Å². The fourth-order valence-corrected chi connectivity index (χ4v) is 1.86. The van der Waals surface area contributed by atoms with Crippen molar-refractivity contribution in [3.05, 3.63) is 68.8 Å². The van der Waals surface area contributed by atoms with E-state index in [9.17, 15) is 14.0 Å². The van der Waals surface area contributed by atoms with Gasteiger partial charge in [0.2, 0.25) is 0 Å². The number of hydrogen-bond donors (Lipinski definition) is 1. The van der Waals surface area contributed by atoms with Crippen LogP contribution in [0, 0.1) is 5.82 Å². The van der Waals surface area contributed by atoms with Gasteiger partial charge in [0.1, 0.15) is 5.82 Å². The van der Waals surface area contributed by atoms with Gasteiger partial charge in [-0.05, 0) is 18.2 Å². The first kappa shape index (κ1) is 13.3. The summed E-state index contributed by atoms with van der Waals surface area (Å²) < 4.78 is 14.7. The van der Waals surface area contributed by atoms with E-state index < -0.39 is 17.3 Å². The minimum atomic E-state index is -1.16. The van der Waals surface area contributed by atoms with Crippen molar-refractivity contribution in [2.75, 3.05) is 0 Å². The van der Waals surface area contributed by atoms with Crippen molar-refractivity contribution in [1.29, 1.82) is 0 Å². The molecule has 0 aliphatic heterocycles. The maximum Gasteiger partial charge on any atom is 0.337 e. The Hall–Kier alpha value is -2.14. The number of carbonyl (C=O) groups is 1. The lowest BCUT2D eigenvalue weighted by molar-refractivity contribution is 0.0696. The minimum absolute atomic E-state index is 0.0490. The maximum atomic E-state index is 13.6. The summed E-state index contributed by atoms with van der Waals surface area (Å²) in [6.45, 7) is -0.120. The lowest BCUT2D eigenvalue weighted by atomic mass is 10.2. The summed E-state index contributed by atoms with van der Waals surface area (Å²) in [5.74, 6) is -1.70. The molecule has 1 aromatic heterocycles.